The van der Waals surface area contributed by atoms with Crippen molar-refractivity contribution in [2.24, 2.45) is 0 Å². The van der Waals surface area contributed by atoms with Crippen LogP contribution in [-0.4, -0.2) is 22.6 Å². The molecule has 0 aliphatic carbocycles. The summed E-state index contributed by atoms with van der Waals surface area (Å²) in [4.78, 5) is 21.8. The van der Waals surface area contributed by atoms with Gasteiger partial charge in [0.05, 0.1) is 33.2 Å². The molecule has 0 aliphatic rings. The van der Waals surface area contributed by atoms with E-state index in [0.29, 0.717) is 39.3 Å². The van der Waals surface area contributed by atoms with Crippen molar-refractivity contribution in [1.82, 2.24) is 0 Å². The van der Waals surface area contributed by atoms with Gasteiger partial charge in [0.25, 0.3) is 5.69 Å². The first kappa shape index (κ1) is 24.5. The molecular weight excluding hydrogens is 504 g/mol. The van der Waals surface area contributed by atoms with Crippen molar-refractivity contribution >= 4 is 39.2 Å². The molecule has 0 unspecified atom stereocenters. The van der Waals surface area contributed by atoms with Crippen molar-refractivity contribution in [1.29, 1.82) is 5.26 Å². The largest absolute Gasteiger partial charge is 0.490 e. The van der Waals surface area contributed by atoms with E-state index < -0.39 is 10.9 Å². The van der Waals surface area contributed by atoms with Crippen LogP contribution < -0.4 is 9.47 Å². The molecular formula is C25H19BrN2O6. The molecule has 0 heterocycles. The van der Waals surface area contributed by atoms with Gasteiger partial charge in [0, 0.05) is 12.1 Å². The predicted molar refractivity (Wildman–Crippen MR) is 130 cm³/mol. The molecule has 0 saturated heterocycles. The maximum Gasteiger partial charge on any atom is 0.335 e. The smallest absolute Gasteiger partial charge is 0.335 e. The average Bonchev–Trinajstić information content (AvgIpc) is 2.82. The first-order valence-electron chi connectivity index (χ1n) is 10.1. The number of halogens is 1. The lowest BCUT2D eigenvalue weighted by atomic mass is 10.0. The number of hydrogen-bond acceptors (Lipinski definition) is 6. The third-order valence-corrected chi connectivity index (χ3v) is 5.28. The molecule has 3 aromatic rings. The molecule has 172 valence electrons. The highest BCUT2D eigenvalue weighted by molar-refractivity contribution is 9.10. The molecule has 34 heavy (non-hydrogen) atoms. The Morgan fingerprint density at radius 2 is 1.88 bits per heavy atom. The summed E-state index contributed by atoms with van der Waals surface area (Å²) in [6.45, 7) is 2.30. The molecule has 0 amide bonds. The van der Waals surface area contributed by atoms with Crippen LogP contribution in [0.15, 0.2) is 65.1 Å². The predicted octanol–water partition coefficient (Wildman–Crippen LogP) is 6.10. The van der Waals surface area contributed by atoms with Crippen LogP contribution in [0.25, 0.3) is 11.6 Å². The Hall–Kier alpha value is -4.16. The van der Waals surface area contributed by atoms with E-state index in [4.69, 9.17) is 9.47 Å². The zero-order valence-electron chi connectivity index (χ0n) is 18.0. The first-order chi connectivity index (χ1) is 16.3. The normalized spacial score (nSPS) is 10.9. The molecule has 8 nitrogen and oxygen atoms in total. The van der Waals surface area contributed by atoms with Crippen LogP contribution in [0.5, 0.6) is 11.5 Å². The Balaban J connectivity index is 1.93. The molecule has 0 saturated carbocycles. The van der Waals surface area contributed by atoms with Crippen molar-refractivity contribution in [2.45, 2.75) is 13.5 Å². The number of non-ortho nitro benzene ring substituents is 1. The Morgan fingerprint density at radius 3 is 2.56 bits per heavy atom. The summed E-state index contributed by atoms with van der Waals surface area (Å²) in [5.41, 5.74) is 2.03. The second kappa shape index (κ2) is 11.1. The molecule has 0 fully saturated rings. The second-order valence-electron chi connectivity index (χ2n) is 7.03. The van der Waals surface area contributed by atoms with Gasteiger partial charge in [-0.2, -0.15) is 5.26 Å². The maximum absolute atomic E-state index is 11.2. The van der Waals surface area contributed by atoms with Gasteiger partial charge in [0.2, 0.25) is 0 Å². The molecule has 9 heteroatoms. The third kappa shape index (κ3) is 5.99. The van der Waals surface area contributed by atoms with Gasteiger partial charge in [-0.25, -0.2) is 4.79 Å². The summed E-state index contributed by atoms with van der Waals surface area (Å²) >= 11 is 3.48. The second-order valence-corrected chi connectivity index (χ2v) is 7.89. The number of rotatable bonds is 9. The van der Waals surface area contributed by atoms with E-state index in [9.17, 15) is 25.3 Å². The van der Waals surface area contributed by atoms with Gasteiger partial charge in [-0.1, -0.05) is 24.3 Å². The van der Waals surface area contributed by atoms with Crippen LogP contribution in [0, 0.1) is 21.4 Å². The molecule has 3 rings (SSSR count). The standard InChI is InChI=1S/C25H19BrN2O6/c1-2-33-23-12-17(10-20(14-27)18-6-4-8-21(13-18)28(31)32)11-22(26)24(23)34-15-16-5-3-7-19(9-16)25(29)30/h3-13H,2,15H2,1H3,(H,29,30)/b20-10-. The van der Waals surface area contributed by atoms with E-state index in [0.717, 1.165) is 0 Å². The number of allylic oxidation sites excluding steroid dienone is 1. The highest BCUT2D eigenvalue weighted by Gasteiger charge is 2.14. The third-order valence-electron chi connectivity index (χ3n) is 4.69. The topological polar surface area (TPSA) is 123 Å². The Morgan fingerprint density at radius 1 is 1.15 bits per heavy atom. The molecule has 3 aromatic carbocycles. The molecule has 0 spiro atoms. The minimum Gasteiger partial charge on any atom is -0.490 e. The van der Waals surface area contributed by atoms with Gasteiger partial charge in [0.15, 0.2) is 11.5 Å². The minimum absolute atomic E-state index is 0.106. The molecule has 0 radical (unpaired) electrons. The first-order valence-corrected chi connectivity index (χ1v) is 10.9. The average molecular weight is 523 g/mol. The Labute approximate surface area is 204 Å². The minimum atomic E-state index is -1.02. The number of nitrogens with zero attached hydrogens (tertiary/aromatic N) is 2. The maximum atomic E-state index is 11.2. The Bertz CT molecular complexity index is 1310. The number of carboxylic acids is 1. The van der Waals surface area contributed by atoms with Crippen LogP contribution in [0.1, 0.15) is 34.0 Å². The van der Waals surface area contributed by atoms with Crippen molar-refractivity contribution < 1.29 is 24.3 Å². The van der Waals surface area contributed by atoms with Crippen LogP contribution >= 0.6 is 15.9 Å². The summed E-state index contributed by atoms with van der Waals surface area (Å²) < 4.78 is 12.2. The van der Waals surface area contributed by atoms with Crippen molar-refractivity contribution in [2.75, 3.05) is 6.61 Å². The number of aromatic carboxylic acids is 1. The number of benzene rings is 3. The van der Waals surface area contributed by atoms with Gasteiger partial charge >= 0.3 is 5.97 Å². The number of carbonyl (C=O) groups is 1. The van der Waals surface area contributed by atoms with Gasteiger partial charge in [0.1, 0.15) is 6.61 Å². The number of hydrogen-bond donors (Lipinski definition) is 1. The number of carboxylic acid groups (broad SMARTS) is 1. The van der Waals surface area contributed by atoms with E-state index in [1.165, 1.54) is 30.3 Å². The van der Waals surface area contributed by atoms with Crippen molar-refractivity contribution in [3.63, 3.8) is 0 Å². The van der Waals surface area contributed by atoms with Gasteiger partial charge in [-0.15, -0.1) is 0 Å². The molecule has 0 aliphatic heterocycles. The van der Waals surface area contributed by atoms with Crippen LogP contribution in [-0.2, 0) is 6.61 Å². The summed E-state index contributed by atoms with van der Waals surface area (Å²) in [6.07, 6.45) is 1.60. The fraction of sp³-hybridized carbons (Fsp3) is 0.120. The van der Waals surface area contributed by atoms with Crippen LogP contribution in [0.4, 0.5) is 5.69 Å². The van der Waals surface area contributed by atoms with Crippen molar-refractivity contribution in [3.8, 4) is 17.6 Å². The number of nitro benzene ring substituents is 1. The lowest BCUT2D eigenvalue weighted by Crippen LogP contribution is -2.03. The SMILES string of the molecule is CCOc1cc(/C=C(/C#N)c2cccc([N+](=O)[O-])c2)cc(Br)c1OCc1cccc(C(=O)O)c1. The van der Waals surface area contributed by atoms with Gasteiger partial charge in [-0.3, -0.25) is 10.1 Å². The number of nitro groups is 1. The van der Waals surface area contributed by atoms with E-state index in [-0.39, 0.29) is 23.4 Å². The summed E-state index contributed by atoms with van der Waals surface area (Å²) in [5, 5.41) is 29.9. The fourth-order valence-electron chi connectivity index (χ4n) is 3.16. The fourth-order valence-corrected chi connectivity index (χ4v) is 3.73. The lowest BCUT2D eigenvalue weighted by Gasteiger charge is -2.15. The van der Waals surface area contributed by atoms with Crippen molar-refractivity contribution in [3.05, 3.63) is 97.5 Å². The highest BCUT2D eigenvalue weighted by atomic mass is 79.9. The zero-order chi connectivity index (χ0) is 24.7. The van der Waals surface area contributed by atoms with Crippen LogP contribution in [0.3, 0.4) is 0 Å². The van der Waals surface area contributed by atoms with E-state index >= 15 is 0 Å². The molecule has 0 aromatic heterocycles. The quantitative estimate of drug-likeness (QED) is 0.156. The van der Waals surface area contributed by atoms with E-state index in [1.54, 1.807) is 36.4 Å². The van der Waals surface area contributed by atoms with Gasteiger partial charge in [-0.05, 0) is 69.9 Å². The lowest BCUT2D eigenvalue weighted by molar-refractivity contribution is -0.384. The summed E-state index contributed by atoms with van der Waals surface area (Å²) in [7, 11) is 0. The zero-order valence-corrected chi connectivity index (χ0v) is 19.6. The van der Waals surface area contributed by atoms with Gasteiger partial charge < -0.3 is 14.6 Å². The Kier molecular flexibility index (Phi) is 8.01. The van der Waals surface area contributed by atoms with E-state index in [1.807, 2.05) is 6.92 Å². The van der Waals surface area contributed by atoms with E-state index in [2.05, 4.69) is 22.0 Å². The van der Waals surface area contributed by atoms with Crippen LogP contribution in [0.2, 0.25) is 0 Å². The molecule has 0 atom stereocenters. The summed E-state index contributed by atoms with van der Waals surface area (Å²) in [5.74, 6) is -0.173. The summed E-state index contributed by atoms with van der Waals surface area (Å²) in [6, 6.07) is 17.8. The number of ether oxygens (including phenoxy) is 2. The highest BCUT2D eigenvalue weighted by Crippen LogP contribution is 2.38. The molecule has 0 bridgehead atoms. The number of nitriles is 1. The monoisotopic (exact) mass is 522 g/mol. The molecule has 1 N–H and O–H groups in total.